The molecule has 2 amide bonds. The van der Waals surface area contributed by atoms with Gasteiger partial charge in [-0.15, -0.1) is 11.3 Å². The highest BCUT2D eigenvalue weighted by Gasteiger charge is 2.32. The SMILES string of the molecule is CC(=O)NCc1cncc([C@@H]2CCCN2C(=O)c2cc(C)cs2)n1. The van der Waals surface area contributed by atoms with Gasteiger partial charge in [-0.05, 0) is 36.8 Å². The van der Waals surface area contributed by atoms with E-state index in [1.165, 1.54) is 18.3 Å². The van der Waals surface area contributed by atoms with E-state index in [4.69, 9.17) is 0 Å². The molecule has 2 aromatic rings. The van der Waals surface area contributed by atoms with Crippen LogP contribution in [0.25, 0.3) is 0 Å². The number of aryl methyl sites for hydroxylation is 1. The normalized spacial score (nSPS) is 17.1. The molecule has 6 nitrogen and oxygen atoms in total. The van der Waals surface area contributed by atoms with Gasteiger partial charge in [0.1, 0.15) is 0 Å². The molecule has 1 fully saturated rings. The Kier molecular flexibility index (Phi) is 4.89. The second-order valence-electron chi connectivity index (χ2n) is 5.99. The van der Waals surface area contributed by atoms with E-state index in [-0.39, 0.29) is 17.9 Å². The van der Waals surface area contributed by atoms with Crippen LogP contribution in [0.2, 0.25) is 0 Å². The van der Waals surface area contributed by atoms with Crippen LogP contribution >= 0.6 is 11.3 Å². The third-order valence-corrected chi connectivity index (χ3v) is 5.05. The van der Waals surface area contributed by atoms with Crippen molar-refractivity contribution < 1.29 is 9.59 Å². The molecule has 1 atom stereocenters. The Hall–Kier alpha value is -2.28. The number of carbonyl (C=O) groups excluding carboxylic acids is 2. The summed E-state index contributed by atoms with van der Waals surface area (Å²) < 4.78 is 0. The van der Waals surface area contributed by atoms with Crippen molar-refractivity contribution in [3.63, 3.8) is 0 Å². The number of nitrogens with zero attached hydrogens (tertiary/aromatic N) is 3. The third kappa shape index (κ3) is 3.62. The molecule has 2 aromatic heterocycles. The topological polar surface area (TPSA) is 75.2 Å². The van der Waals surface area contributed by atoms with Gasteiger partial charge in [0.05, 0.1) is 41.2 Å². The number of thiophene rings is 1. The van der Waals surface area contributed by atoms with Gasteiger partial charge in [-0.2, -0.15) is 0 Å². The van der Waals surface area contributed by atoms with Crippen LogP contribution in [-0.2, 0) is 11.3 Å². The average molecular weight is 344 g/mol. The fraction of sp³-hybridized carbons (Fsp3) is 0.412. The van der Waals surface area contributed by atoms with Gasteiger partial charge in [0.15, 0.2) is 0 Å². The smallest absolute Gasteiger partial charge is 0.264 e. The molecule has 0 unspecified atom stereocenters. The van der Waals surface area contributed by atoms with Gasteiger partial charge in [0.25, 0.3) is 5.91 Å². The molecule has 1 aliphatic heterocycles. The Bertz CT molecular complexity index is 759. The number of hydrogen-bond acceptors (Lipinski definition) is 5. The molecule has 1 saturated heterocycles. The molecule has 1 aliphatic rings. The second-order valence-corrected chi connectivity index (χ2v) is 6.90. The molecule has 7 heteroatoms. The fourth-order valence-electron chi connectivity index (χ4n) is 2.89. The van der Waals surface area contributed by atoms with Crippen molar-refractivity contribution in [2.24, 2.45) is 0 Å². The summed E-state index contributed by atoms with van der Waals surface area (Å²) in [5.41, 5.74) is 2.60. The van der Waals surface area contributed by atoms with Crippen molar-refractivity contribution in [1.82, 2.24) is 20.2 Å². The summed E-state index contributed by atoms with van der Waals surface area (Å²) in [5.74, 6) is -0.0439. The van der Waals surface area contributed by atoms with Gasteiger partial charge >= 0.3 is 0 Å². The predicted molar refractivity (Wildman–Crippen MR) is 91.6 cm³/mol. The summed E-state index contributed by atoms with van der Waals surface area (Å²) in [6.45, 7) is 4.54. The van der Waals surface area contributed by atoms with Gasteiger partial charge in [0.2, 0.25) is 5.91 Å². The minimum Gasteiger partial charge on any atom is -0.351 e. The van der Waals surface area contributed by atoms with E-state index in [1.807, 2.05) is 23.3 Å². The molecule has 3 heterocycles. The molecular weight excluding hydrogens is 324 g/mol. The van der Waals surface area contributed by atoms with Crippen molar-refractivity contribution >= 4 is 23.2 Å². The number of aromatic nitrogens is 2. The molecule has 0 bridgehead atoms. The zero-order chi connectivity index (χ0) is 17.1. The predicted octanol–water partition coefficient (Wildman–Crippen LogP) is 2.46. The average Bonchev–Trinajstić information content (AvgIpc) is 3.21. The van der Waals surface area contributed by atoms with Crippen LogP contribution in [0.15, 0.2) is 23.8 Å². The first-order chi connectivity index (χ1) is 11.5. The Balaban J connectivity index is 1.79. The lowest BCUT2D eigenvalue weighted by Gasteiger charge is -2.23. The number of likely N-dealkylation sites (tertiary alicyclic amines) is 1. The van der Waals surface area contributed by atoms with Crippen LogP contribution < -0.4 is 5.32 Å². The highest BCUT2D eigenvalue weighted by Crippen LogP contribution is 2.32. The zero-order valence-electron chi connectivity index (χ0n) is 13.8. The van der Waals surface area contributed by atoms with E-state index < -0.39 is 0 Å². The van der Waals surface area contributed by atoms with Gasteiger partial charge in [0, 0.05) is 13.5 Å². The van der Waals surface area contributed by atoms with Crippen molar-refractivity contribution in [3.8, 4) is 0 Å². The van der Waals surface area contributed by atoms with Gasteiger partial charge in [-0.1, -0.05) is 0 Å². The molecule has 1 N–H and O–H groups in total. The zero-order valence-corrected chi connectivity index (χ0v) is 14.6. The lowest BCUT2D eigenvalue weighted by atomic mass is 10.1. The molecule has 24 heavy (non-hydrogen) atoms. The monoisotopic (exact) mass is 344 g/mol. The maximum Gasteiger partial charge on any atom is 0.264 e. The first kappa shape index (κ1) is 16.6. The minimum absolute atomic E-state index is 0.0512. The molecule has 0 radical (unpaired) electrons. The summed E-state index contributed by atoms with van der Waals surface area (Å²) in [4.78, 5) is 35.3. The van der Waals surface area contributed by atoms with Crippen LogP contribution in [0.3, 0.4) is 0 Å². The number of carbonyl (C=O) groups is 2. The first-order valence-corrected chi connectivity index (χ1v) is 8.84. The quantitative estimate of drug-likeness (QED) is 0.924. The summed E-state index contributed by atoms with van der Waals surface area (Å²) in [7, 11) is 0. The maximum absolute atomic E-state index is 12.8. The Labute approximate surface area is 144 Å². The van der Waals surface area contributed by atoms with E-state index in [9.17, 15) is 9.59 Å². The number of amides is 2. The van der Waals surface area contributed by atoms with E-state index in [0.717, 1.165) is 35.5 Å². The maximum atomic E-state index is 12.8. The summed E-state index contributed by atoms with van der Waals surface area (Å²) in [6.07, 6.45) is 5.20. The van der Waals surface area contributed by atoms with E-state index in [2.05, 4.69) is 15.3 Å². The Morgan fingerprint density at radius 3 is 2.96 bits per heavy atom. The van der Waals surface area contributed by atoms with Crippen molar-refractivity contribution in [2.75, 3.05) is 6.54 Å². The summed E-state index contributed by atoms with van der Waals surface area (Å²) in [5, 5.41) is 4.71. The lowest BCUT2D eigenvalue weighted by molar-refractivity contribution is -0.119. The minimum atomic E-state index is -0.104. The number of nitrogens with one attached hydrogen (secondary N) is 1. The van der Waals surface area contributed by atoms with Gasteiger partial charge in [-0.3, -0.25) is 19.6 Å². The molecule has 3 rings (SSSR count). The highest BCUT2D eigenvalue weighted by molar-refractivity contribution is 7.12. The van der Waals surface area contributed by atoms with Crippen LogP contribution in [-0.4, -0.2) is 33.2 Å². The van der Waals surface area contributed by atoms with Crippen LogP contribution in [0.1, 0.15) is 52.4 Å². The largest absolute Gasteiger partial charge is 0.351 e. The van der Waals surface area contributed by atoms with Crippen molar-refractivity contribution in [1.29, 1.82) is 0 Å². The van der Waals surface area contributed by atoms with Crippen molar-refractivity contribution in [2.45, 2.75) is 39.3 Å². The van der Waals surface area contributed by atoms with Gasteiger partial charge < -0.3 is 10.2 Å². The summed E-state index contributed by atoms with van der Waals surface area (Å²) in [6, 6.07) is 1.88. The third-order valence-electron chi connectivity index (χ3n) is 4.02. The number of hydrogen-bond donors (Lipinski definition) is 1. The molecule has 0 aromatic carbocycles. The first-order valence-electron chi connectivity index (χ1n) is 7.96. The molecule has 126 valence electrons. The van der Waals surface area contributed by atoms with E-state index >= 15 is 0 Å². The van der Waals surface area contributed by atoms with E-state index in [1.54, 1.807) is 12.4 Å². The van der Waals surface area contributed by atoms with Gasteiger partial charge in [-0.25, -0.2) is 0 Å². The molecule has 0 saturated carbocycles. The van der Waals surface area contributed by atoms with Crippen LogP contribution in [0.5, 0.6) is 0 Å². The number of rotatable bonds is 4. The van der Waals surface area contributed by atoms with Crippen molar-refractivity contribution in [3.05, 3.63) is 45.7 Å². The molecule has 0 spiro atoms. The van der Waals surface area contributed by atoms with Crippen LogP contribution in [0.4, 0.5) is 0 Å². The second kappa shape index (κ2) is 7.09. The molecule has 0 aliphatic carbocycles. The standard InChI is InChI=1S/C17H20N4O2S/c1-11-6-16(24-10-11)17(23)21-5-3-4-15(21)14-9-18-7-13(20-14)8-19-12(2)22/h6-7,9-10,15H,3-5,8H2,1-2H3,(H,19,22)/t15-/m0/s1. The fourth-order valence-corrected chi connectivity index (χ4v) is 3.74. The lowest BCUT2D eigenvalue weighted by Crippen LogP contribution is -2.30. The Morgan fingerprint density at radius 1 is 1.42 bits per heavy atom. The molecular formula is C17H20N4O2S. The Morgan fingerprint density at radius 2 is 2.25 bits per heavy atom. The van der Waals surface area contributed by atoms with Crippen LogP contribution in [0, 0.1) is 6.92 Å². The van der Waals surface area contributed by atoms with E-state index in [0.29, 0.717) is 12.2 Å². The highest BCUT2D eigenvalue weighted by atomic mass is 32.1. The summed E-state index contributed by atoms with van der Waals surface area (Å²) >= 11 is 1.48.